The van der Waals surface area contributed by atoms with Crippen LogP contribution in [0.5, 0.6) is 5.75 Å². The molecule has 0 fully saturated rings. The number of carboxylic acids is 1. The molecular weight excluding hydrogens is 221 g/mol. The maximum atomic E-state index is 13.2. The van der Waals surface area contributed by atoms with Crippen molar-refractivity contribution < 1.29 is 24.0 Å². The van der Waals surface area contributed by atoms with Crippen LogP contribution in [0.3, 0.4) is 0 Å². The van der Waals surface area contributed by atoms with E-state index in [0.717, 1.165) is 12.1 Å². The van der Waals surface area contributed by atoms with Gasteiger partial charge in [0.1, 0.15) is 5.75 Å². The van der Waals surface area contributed by atoms with Crippen molar-refractivity contribution in [1.29, 1.82) is 0 Å². The van der Waals surface area contributed by atoms with Crippen LogP contribution in [-0.2, 0) is 4.79 Å². The molecule has 0 saturated heterocycles. The number of nitro benzene ring substituents is 1. The molecule has 0 unspecified atom stereocenters. The van der Waals surface area contributed by atoms with E-state index in [1.807, 2.05) is 0 Å². The minimum Gasteiger partial charge on any atom is -0.497 e. The van der Waals surface area contributed by atoms with Crippen LogP contribution in [0.1, 0.15) is 11.7 Å². The first-order chi connectivity index (χ1) is 7.47. The number of hydrogen-bond donors (Lipinski definition) is 1. The van der Waals surface area contributed by atoms with E-state index in [-0.39, 0.29) is 5.75 Å². The molecule has 6 nitrogen and oxygen atoms in total. The lowest BCUT2D eigenvalue weighted by molar-refractivity contribution is -0.386. The second-order valence-electron chi connectivity index (χ2n) is 2.88. The second-order valence-corrected chi connectivity index (χ2v) is 2.88. The standard InChI is InChI=1S/C9H8FNO5/c1-16-5-2-3-7(11(14)15)6(4-5)8(10)9(12)13/h2-4,8H,1H3,(H,12,13)/t8-/m0/s1. The number of carboxylic acid groups (broad SMARTS) is 1. The van der Waals surface area contributed by atoms with Crippen LogP contribution < -0.4 is 4.74 Å². The predicted molar refractivity (Wildman–Crippen MR) is 51.1 cm³/mol. The molecule has 1 aromatic carbocycles. The lowest BCUT2D eigenvalue weighted by Crippen LogP contribution is -2.08. The van der Waals surface area contributed by atoms with Gasteiger partial charge in [-0.3, -0.25) is 10.1 Å². The van der Waals surface area contributed by atoms with Crippen LogP contribution >= 0.6 is 0 Å². The molecule has 0 radical (unpaired) electrons. The summed E-state index contributed by atoms with van der Waals surface area (Å²) in [6.45, 7) is 0. The van der Waals surface area contributed by atoms with Crippen molar-refractivity contribution in [2.75, 3.05) is 7.11 Å². The number of aliphatic carboxylic acids is 1. The Morgan fingerprint density at radius 2 is 2.25 bits per heavy atom. The Morgan fingerprint density at radius 1 is 1.62 bits per heavy atom. The van der Waals surface area contributed by atoms with Crippen LogP contribution in [0.4, 0.5) is 10.1 Å². The molecule has 86 valence electrons. The Balaban J connectivity index is 3.30. The molecule has 0 spiro atoms. The first kappa shape index (κ1) is 11.9. The van der Waals surface area contributed by atoms with Crippen LogP contribution in [0.2, 0.25) is 0 Å². The number of carbonyl (C=O) groups is 1. The van der Waals surface area contributed by atoms with E-state index in [9.17, 15) is 19.3 Å². The Labute approximate surface area is 89.4 Å². The van der Waals surface area contributed by atoms with E-state index in [1.54, 1.807) is 0 Å². The van der Waals surface area contributed by atoms with Crippen molar-refractivity contribution in [3.05, 3.63) is 33.9 Å². The third kappa shape index (κ3) is 2.25. The summed E-state index contributed by atoms with van der Waals surface area (Å²) in [6, 6.07) is 3.26. The quantitative estimate of drug-likeness (QED) is 0.626. The fourth-order valence-electron chi connectivity index (χ4n) is 1.16. The third-order valence-electron chi connectivity index (χ3n) is 1.92. The number of rotatable bonds is 4. The molecule has 7 heteroatoms. The van der Waals surface area contributed by atoms with E-state index < -0.39 is 28.3 Å². The van der Waals surface area contributed by atoms with Crippen LogP contribution in [0, 0.1) is 10.1 Å². The minimum absolute atomic E-state index is 0.157. The van der Waals surface area contributed by atoms with Crippen LogP contribution in [0.15, 0.2) is 18.2 Å². The van der Waals surface area contributed by atoms with Crippen molar-refractivity contribution >= 4 is 11.7 Å². The van der Waals surface area contributed by atoms with E-state index in [2.05, 4.69) is 0 Å². The molecule has 0 aliphatic heterocycles. The zero-order chi connectivity index (χ0) is 12.3. The normalized spacial score (nSPS) is 11.9. The number of halogens is 1. The SMILES string of the molecule is COc1ccc([N+](=O)[O-])c([C@H](F)C(=O)O)c1. The van der Waals surface area contributed by atoms with Gasteiger partial charge in [-0.1, -0.05) is 0 Å². The summed E-state index contributed by atoms with van der Waals surface area (Å²) in [7, 11) is 1.29. The molecule has 1 aromatic rings. The molecule has 0 amide bonds. The fourth-order valence-corrected chi connectivity index (χ4v) is 1.16. The Morgan fingerprint density at radius 3 is 2.69 bits per heavy atom. The highest BCUT2D eigenvalue weighted by Crippen LogP contribution is 2.31. The van der Waals surface area contributed by atoms with Crippen molar-refractivity contribution in [3.8, 4) is 5.75 Å². The largest absolute Gasteiger partial charge is 0.497 e. The zero-order valence-electron chi connectivity index (χ0n) is 8.21. The molecule has 16 heavy (non-hydrogen) atoms. The summed E-state index contributed by atoms with van der Waals surface area (Å²) in [5.41, 5.74) is -1.12. The molecule has 0 saturated carbocycles. The van der Waals surface area contributed by atoms with Gasteiger partial charge in [-0.25, -0.2) is 9.18 Å². The molecule has 1 rings (SSSR count). The monoisotopic (exact) mass is 229 g/mol. The molecule has 0 aliphatic carbocycles. The van der Waals surface area contributed by atoms with Gasteiger partial charge < -0.3 is 9.84 Å². The van der Waals surface area contributed by atoms with Gasteiger partial charge >= 0.3 is 5.97 Å². The summed E-state index contributed by atoms with van der Waals surface area (Å²) in [6.07, 6.45) is -2.45. The van der Waals surface area contributed by atoms with Gasteiger partial charge in [0.15, 0.2) is 0 Å². The molecule has 1 atom stereocenters. The van der Waals surface area contributed by atoms with Crippen LogP contribution in [-0.4, -0.2) is 23.1 Å². The number of methoxy groups -OCH3 is 1. The van der Waals surface area contributed by atoms with Crippen molar-refractivity contribution in [2.24, 2.45) is 0 Å². The van der Waals surface area contributed by atoms with Crippen molar-refractivity contribution in [2.45, 2.75) is 6.17 Å². The molecule has 0 aromatic heterocycles. The lowest BCUT2D eigenvalue weighted by atomic mass is 10.1. The summed E-state index contributed by atoms with van der Waals surface area (Å²) in [4.78, 5) is 20.1. The Hall–Kier alpha value is -2.18. The number of hydrogen-bond acceptors (Lipinski definition) is 4. The van der Waals surface area contributed by atoms with Gasteiger partial charge in [0, 0.05) is 6.07 Å². The van der Waals surface area contributed by atoms with Gasteiger partial charge in [0.2, 0.25) is 6.17 Å². The second kappa shape index (κ2) is 4.56. The van der Waals surface area contributed by atoms with Gasteiger partial charge in [0.05, 0.1) is 17.6 Å². The highest BCUT2D eigenvalue weighted by Gasteiger charge is 2.28. The number of alkyl halides is 1. The first-order valence-corrected chi connectivity index (χ1v) is 4.16. The number of nitro groups is 1. The highest BCUT2D eigenvalue weighted by atomic mass is 19.1. The van der Waals surface area contributed by atoms with E-state index in [4.69, 9.17) is 9.84 Å². The molecule has 0 bridgehead atoms. The predicted octanol–water partition coefficient (Wildman–Crippen LogP) is 1.70. The van der Waals surface area contributed by atoms with Gasteiger partial charge in [0.25, 0.3) is 5.69 Å². The topological polar surface area (TPSA) is 89.7 Å². The summed E-state index contributed by atoms with van der Waals surface area (Å²) < 4.78 is 18.0. The van der Waals surface area contributed by atoms with Crippen molar-refractivity contribution in [3.63, 3.8) is 0 Å². The van der Waals surface area contributed by atoms with Crippen LogP contribution in [0.25, 0.3) is 0 Å². The van der Waals surface area contributed by atoms with E-state index in [1.165, 1.54) is 13.2 Å². The summed E-state index contributed by atoms with van der Waals surface area (Å²) in [5.74, 6) is -1.62. The first-order valence-electron chi connectivity index (χ1n) is 4.16. The third-order valence-corrected chi connectivity index (χ3v) is 1.92. The maximum Gasteiger partial charge on any atom is 0.343 e. The van der Waals surface area contributed by atoms with Gasteiger partial charge in [-0.2, -0.15) is 0 Å². The average Bonchev–Trinajstić information content (AvgIpc) is 2.26. The smallest absolute Gasteiger partial charge is 0.343 e. The molecular formula is C9H8FNO5. The van der Waals surface area contributed by atoms with Gasteiger partial charge in [-0.15, -0.1) is 0 Å². The van der Waals surface area contributed by atoms with Gasteiger partial charge in [-0.05, 0) is 12.1 Å². The van der Waals surface area contributed by atoms with Crippen molar-refractivity contribution in [1.82, 2.24) is 0 Å². The molecule has 0 heterocycles. The maximum absolute atomic E-state index is 13.2. The highest BCUT2D eigenvalue weighted by molar-refractivity contribution is 5.76. The van der Waals surface area contributed by atoms with E-state index >= 15 is 0 Å². The Bertz CT molecular complexity index is 434. The Kier molecular flexibility index (Phi) is 3.39. The summed E-state index contributed by atoms with van der Waals surface area (Å²) >= 11 is 0. The number of ether oxygens (including phenoxy) is 1. The minimum atomic E-state index is -2.45. The summed E-state index contributed by atoms with van der Waals surface area (Å²) in [5, 5.41) is 19.0. The zero-order valence-corrected chi connectivity index (χ0v) is 8.21. The lowest BCUT2D eigenvalue weighted by Gasteiger charge is -2.06. The number of nitrogens with zero attached hydrogens (tertiary/aromatic N) is 1. The molecule has 1 N–H and O–H groups in total. The average molecular weight is 229 g/mol. The molecule has 0 aliphatic rings. The fraction of sp³-hybridized carbons (Fsp3) is 0.222. The number of benzene rings is 1. The van der Waals surface area contributed by atoms with E-state index in [0.29, 0.717) is 0 Å².